The van der Waals surface area contributed by atoms with Gasteiger partial charge in [0.15, 0.2) is 6.29 Å². The van der Waals surface area contributed by atoms with Crippen molar-refractivity contribution in [2.75, 3.05) is 0 Å². The van der Waals surface area contributed by atoms with Crippen LogP contribution in [0.5, 0.6) is 0 Å². The maximum absolute atomic E-state index is 7.23. The molecular weight excluding hydrogens is 504 g/mol. The van der Waals surface area contributed by atoms with Crippen molar-refractivity contribution in [2.45, 2.75) is 76.2 Å². The first-order valence-corrected chi connectivity index (χ1v) is 15.1. The maximum atomic E-state index is 7.23. The molecule has 212 valence electrons. The molecule has 1 aliphatic heterocycles. The summed E-state index contributed by atoms with van der Waals surface area (Å²) in [5.74, 6) is 0. The molecule has 0 unspecified atom stereocenters. The highest BCUT2D eigenvalue weighted by Gasteiger charge is 2.42. The Bertz CT molecular complexity index is 1210. The number of ether oxygens (including phenoxy) is 3. The van der Waals surface area contributed by atoms with Gasteiger partial charge in [0, 0.05) is 6.42 Å². The second-order valence-corrected chi connectivity index (χ2v) is 10.8. The lowest BCUT2D eigenvalue weighted by atomic mass is 9.80. The summed E-state index contributed by atoms with van der Waals surface area (Å²) in [5.41, 5.74) is 3.63. The summed E-state index contributed by atoms with van der Waals surface area (Å²) >= 11 is 0. The van der Waals surface area contributed by atoms with E-state index in [0.29, 0.717) is 6.61 Å². The normalized spacial score (nSPS) is 19.4. The van der Waals surface area contributed by atoms with Crippen LogP contribution in [0.25, 0.3) is 0 Å². The minimum Gasteiger partial charge on any atom is -0.371 e. The zero-order valence-electron chi connectivity index (χ0n) is 24.1. The third kappa shape index (κ3) is 7.42. The van der Waals surface area contributed by atoms with Gasteiger partial charge >= 0.3 is 0 Å². The van der Waals surface area contributed by atoms with Crippen LogP contribution in [0.2, 0.25) is 0 Å². The summed E-state index contributed by atoms with van der Waals surface area (Å²) in [6.07, 6.45) is 9.93. The average Bonchev–Trinajstić information content (AvgIpc) is 3.05. The van der Waals surface area contributed by atoms with Gasteiger partial charge in [-0.1, -0.05) is 147 Å². The van der Waals surface area contributed by atoms with Crippen molar-refractivity contribution in [1.82, 2.24) is 0 Å². The van der Waals surface area contributed by atoms with Crippen molar-refractivity contribution in [3.63, 3.8) is 0 Å². The fourth-order valence-corrected chi connectivity index (χ4v) is 5.73. The first-order valence-electron chi connectivity index (χ1n) is 15.1. The molecule has 1 fully saturated rings. The third-order valence-corrected chi connectivity index (χ3v) is 7.82. The molecular formula is C38H42O3. The minimum atomic E-state index is -0.808. The maximum Gasteiger partial charge on any atom is 0.160 e. The molecule has 5 rings (SSSR count). The predicted octanol–water partition coefficient (Wildman–Crippen LogP) is 9.22. The van der Waals surface area contributed by atoms with Gasteiger partial charge in [-0.3, -0.25) is 0 Å². The molecule has 0 aliphatic carbocycles. The molecule has 1 heterocycles. The van der Waals surface area contributed by atoms with Crippen LogP contribution in [0.1, 0.15) is 67.7 Å². The average molecular weight is 547 g/mol. The number of hydrogen-bond donors (Lipinski definition) is 0. The van der Waals surface area contributed by atoms with Gasteiger partial charge in [0.1, 0.15) is 5.60 Å². The predicted molar refractivity (Wildman–Crippen MR) is 166 cm³/mol. The van der Waals surface area contributed by atoms with Gasteiger partial charge in [-0.2, -0.15) is 0 Å². The third-order valence-electron chi connectivity index (χ3n) is 7.82. The van der Waals surface area contributed by atoms with Crippen LogP contribution in [0, 0.1) is 0 Å². The Hall–Kier alpha value is -3.50. The number of allylic oxidation sites excluding steroid dienone is 2. The van der Waals surface area contributed by atoms with Crippen molar-refractivity contribution >= 4 is 0 Å². The molecule has 0 aromatic heterocycles. The van der Waals surface area contributed by atoms with Gasteiger partial charge < -0.3 is 14.2 Å². The van der Waals surface area contributed by atoms with E-state index >= 15 is 0 Å². The quantitative estimate of drug-likeness (QED) is 0.124. The number of benzene rings is 4. The van der Waals surface area contributed by atoms with Crippen molar-refractivity contribution in [1.29, 1.82) is 0 Å². The molecule has 3 heteroatoms. The van der Waals surface area contributed by atoms with E-state index in [4.69, 9.17) is 14.2 Å². The van der Waals surface area contributed by atoms with Gasteiger partial charge in [0.2, 0.25) is 0 Å². The molecule has 0 bridgehead atoms. The minimum absolute atomic E-state index is 0.0224. The Balaban J connectivity index is 1.43. The second-order valence-electron chi connectivity index (χ2n) is 10.8. The van der Waals surface area contributed by atoms with Gasteiger partial charge in [-0.05, 0) is 47.9 Å². The van der Waals surface area contributed by atoms with Gasteiger partial charge in [0.05, 0.1) is 18.8 Å². The molecule has 0 saturated carbocycles. The summed E-state index contributed by atoms with van der Waals surface area (Å²) in [7, 11) is 0. The summed E-state index contributed by atoms with van der Waals surface area (Å²) in [6, 6.07) is 42.0. The van der Waals surface area contributed by atoms with Gasteiger partial charge in [0.25, 0.3) is 0 Å². The van der Waals surface area contributed by atoms with E-state index in [1.807, 2.05) is 6.07 Å². The highest BCUT2D eigenvalue weighted by Crippen LogP contribution is 2.43. The molecule has 4 aromatic rings. The molecule has 3 atom stereocenters. The second kappa shape index (κ2) is 14.9. The van der Waals surface area contributed by atoms with E-state index < -0.39 is 5.60 Å². The summed E-state index contributed by atoms with van der Waals surface area (Å²) in [4.78, 5) is 0. The molecule has 4 aromatic carbocycles. The number of unbranched alkanes of at least 4 members (excludes halogenated alkanes) is 1. The van der Waals surface area contributed by atoms with E-state index in [9.17, 15) is 0 Å². The summed E-state index contributed by atoms with van der Waals surface area (Å²) < 4.78 is 20.5. The Morgan fingerprint density at radius 3 is 1.73 bits per heavy atom. The monoisotopic (exact) mass is 546 g/mol. The Morgan fingerprint density at radius 2 is 1.20 bits per heavy atom. The Morgan fingerprint density at radius 1 is 0.683 bits per heavy atom. The van der Waals surface area contributed by atoms with E-state index in [2.05, 4.69) is 134 Å². The molecule has 0 N–H and O–H groups in total. The molecule has 0 amide bonds. The SMILES string of the molecule is CCC/C=C/CC[C@H]1O[C@@H](OC(c2ccccc2)(c2ccccc2)c2ccccc2)CC[C@H]1OCc1ccccc1. The molecule has 41 heavy (non-hydrogen) atoms. The Kier molecular flexibility index (Phi) is 10.6. The van der Waals surface area contributed by atoms with Crippen LogP contribution in [-0.2, 0) is 26.4 Å². The number of hydrogen-bond acceptors (Lipinski definition) is 3. The topological polar surface area (TPSA) is 27.7 Å². The van der Waals surface area contributed by atoms with Gasteiger partial charge in [-0.25, -0.2) is 0 Å². The standard InChI is InChI=1S/C38H42O3/c1-2-3-4-5-18-27-36-35(39-30-31-19-10-6-11-20-31)28-29-37(40-36)41-38(32-21-12-7-13-22-32,33-23-14-8-15-24-33)34-25-16-9-17-26-34/h4-17,19-26,35-37H,2-3,18,27-30H2,1H3/b5-4+/t35-,36-,37+/m1/s1. The van der Waals surface area contributed by atoms with Crippen molar-refractivity contribution in [2.24, 2.45) is 0 Å². The fraction of sp³-hybridized carbons (Fsp3) is 0.316. The Labute approximate surface area is 245 Å². The fourth-order valence-electron chi connectivity index (χ4n) is 5.73. The van der Waals surface area contributed by atoms with Crippen LogP contribution in [0.3, 0.4) is 0 Å². The lowest BCUT2D eigenvalue weighted by Crippen LogP contribution is -2.45. The van der Waals surface area contributed by atoms with Crippen LogP contribution in [0.4, 0.5) is 0 Å². The van der Waals surface area contributed by atoms with Crippen molar-refractivity contribution < 1.29 is 14.2 Å². The zero-order chi connectivity index (χ0) is 28.2. The van der Waals surface area contributed by atoms with E-state index in [1.165, 1.54) is 5.56 Å². The first-order chi connectivity index (χ1) is 20.3. The smallest absolute Gasteiger partial charge is 0.160 e. The summed E-state index contributed by atoms with van der Waals surface area (Å²) in [6.45, 7) is 2.80. The highest BCUT2D eigenvalue weighted by molar-refractivity contribution is 5.47. The van der Waals surface area contributed by atoms with E-state index in [0.717, 1.165) is 55.2 Å². The van der Waals surface area contributed by atoms with Crippen LogP contribution >= 0.6 is 0 Å². The molecule has 1 saturated heterocycles. The highest BCUT2D eigenvalue weighted by atomic mass is 16.7. The van der Waals surface area contributed by atoms with Crippen molar-refractivity contribution in [3.05, 3.63) is 156 Å². The van der Waals surface area contributed by atoms with E-state index in [-0.39, 0.29) is 18.5 Å². The lowest BCUT2D eigenvalue weighted by molar-refractivity contribution is -0.259. The van der Waals surface area contributed by atoms with Crippen molar-refractivity contribution in [3.8, 4) is 0 Å². The largest absolute Gasteiger partial charge is 0.371 e. The molecule has 3 nitrogen and oxygen atoms in total. The zero-order valence-corrected chi connectivity index (χ0v) is 24.1. The van der Waals surface area contributed by atoms with Crippen LogP contribution < -0.4 is 0 Å². The van der Waals surface area contributed by atoms with Crippen LogP contribution in [0.15, 0.2) is 133 Å². The first kappa shape index (κ1) is 29.0. The lowest BCUT2D eigenvalue weighted by Gasteiger charge is -2.43. The number of rotatable bonds is 13. The van der Waals surface area contributed by atoms with E-state index in [1.54, 1.807) is 0 Å². The molecule has 0 spiro atoms. The molecule has 0 radical (unpaired) electrons. The molecule has 1 aliphatic rings. The van der Waals surface area contributed by atoms with Gasteiger partial charge in [-0.15, -0.1) is 0 Å². The summed E-state index contributed by atoms with van der Waals surface area (Å²) in [5, 5.41) is 0. The van der Waals surface area contributed by atoms with Crippen LogP contribution in [-0.4, -0.2) is 18.5 Å².